The second-order valence-electron chi connectivity index (χ2n) is 2.11. The van der Waals surface area contributed by atoms with Crippen molar-refractivity contribution in [2.75, 3.05) is 5.09 Å². The fourth-order valence-corrected chi connectivity index (χ4v) is 1.68. The number of rotatable bonds is 2. The molecular weight excluding hydrogens is 217 g/mol. The Morgan fingerprint density at radius 1 is 1.25 bits per heavy atom. The van der Waals surface area contributed by atoms with Crippen LogP contribution in [0, 0.1) is 0 Å². The Balaban J connectivity index is 3.09. The van der Waals surface area contributed by atoms with Crippen molar-refractivity contribution in [1.82, 2.24) is 0 Å². The molecule has 0 saturated heterocycles. The third-order valence-corrected chi connectivity index (χ3v) is 3.01. The zero-order valence-electron chi connectivity index (χ0n) is 5.99. The van der Waals surface area contributed by atoms with Crippen LogP contribution in [0.3, 0.4) is 0 Å². The summed E-state index contributed by atoms with van der Waals surface area (Å²) < 4.78 is 21.5. The van der Waals surface area contributed by atoms with E-state index in [4.69, 9.17) is 10.7 Å². The van der Waals surface area contributed by atoms with E-state index in [2.05, 4.69) is 14.5 Å². The molecule has 0 aliphatic carbocycles. The van der Waals surface area contributed by atoms with Gasteiger partial charge >= 0.3 is 0 Å². The summed E-state index contributed by atoms with van der Waals surface area (Å²) in [6.45, 7) is 0. The molecule has 3 nitrogen and oxygen atoms in total. The maximum absolute atomic E-state index is 10.8. The average Bonchev–Trinajstić information content (AvgIpc) is 2.03. The molecule has 1 rings (SSSR count). The van der Waals surface area contributed by atoms with E-state index in [0.717, 1.165) is 5.69 Å². The van der Waals surface area contributed by atoms with Crippen molar-refractivity contribution in [3.63, 3.8) is 0 Å². The second kappa shape index (κ2) is 3.60. The minimum Gasteiger partial charge on any atom is -0.369 e. The topological polar surface area (TPSA) is 46.2 Å². The Kier molecular flexibility index (Phi) is 2.94. The quantitative estimate of drug-likeness (QED) is 0.615. The standard InChI is InChI=1S/C6H7ClNO2PS/c7-12(9,10)6-3-1-5(8-11)2-4-6/h1-4,8H,11H2. The SMILES string of the molecule is O=S(=O)(Cl)c1ccc(NP)cc1. The molecule has 0 saturated carbocycles. The summed E-state index contributed by atoms with van der Waals surface area (Å²) in [5.74, 6) is 0. The number of nitrogens with one attached hydrogen (secondary N) is 1. The van der Waals surface area contributed by atoms with E-state index < -0.39 is 9.05 Å². The van der Waals surface area contributed by atoms with Gasteiger partial charge in [-0.15, -0.1) is 0 Å². The van der Waals surface area contributed by atoms with Crippen LogP contribution in [0.5, 0.6) is 0 Å². The zero-order valence-corrected chi connectivity index (χ0v) is 8.72. The maximum Gasteiger partial charge on any atom is 0.261 e. The lowest BCUT2D eigenvalue weighted by atomic mass is 10.3. The number of hydrogen-bond donors (Lipinski definition) is 1. The Morgan fingerprint density at radius 3 is 2.08 bits per heavy atom. The highest BCUT2D eigenvalue weighted by atomic mass is 35.7. The summed E-state index contributed by atoms with van der Waals surface area (Å²) in [4.78, 5) is 0.105. The summed E-state index contributed by atoms with van der Waals surface area (Å²) in [6, 6.07) is 6.13. The molecule has 0 aromatic heterocycles. The van der Waals surface area contributed by atoms with E-state index in [1.165, 1.54) is 12.1 Å². The van der Waals surface area contributed by atoms with Crippen molar-refractivity contribution < 1.29 is 8.42 Å². The minimum absolute atomic E-state index is 0.105. The van der Waals surface area contributed by atoms with Crippen LogP contribution in [0.4, 0.5) is 5.69 Å². The van der Waals surface area contributed by atoms with Crippen molar-refractivity contribution in [3.8, 4) is 0 Å². The van der Waals surface area contributed by atoms with Crippen molar-refractivity contribution in [3.05, 3.63) is 24.3 Å². The lowest BCUT2D eigenvalue weighted by Crippen LogP contribution is -1.89. The molecule has 1 aromatic rings. The van der Waals surface area contributed by atoms with Crippen LogP contribution in [0.2, 0.25) is 0 Å². The van der Waals surface area contributed by atoms with Gasteiger partial charge in [-0.05, 0) is 33.7 Å². The summed E-state index contributed by atoms with van der Waals surface area (Å²) in [6.07, 6.45) is 0. The minimum atomic E-state index is -3.59. The van der Waals surface area contributed by atoms with Crippen LogP contribution < -0.4 is 5.09 Å². The van der Waals surface area contributed by atoms with Crippen molar-refractivity contribution in [2.24, 2.45) is 0 Å². The molecule has 1 N–H and O–H groups in total. The lowest BCUT2D eigenvalue weighted by Gasteiger charge is -1.99. The molecule has 1 aromatic carbocycles. The normalized spacial score (nSPS) is 11.2. The van der Waals surface area contributed by atoms with Crippen LogP contribution in [0.1, 0.15) is 0 Å². The number of anilines is 1. The van der Waals surface area contributed by atoms with E-state index in [0.29, 0.717) is 0 Å². The number of hydrogen-bond acceptors (Lipinski definition) is 3. The first-order valence-electron chi connectivity index (χ1n) is 3.05. The van der Waals surface area contributed by atoms with Gasteiger partial charge in [-0.25, -0.2) is 8.42 Å². The predicted molar refractivity (Wildman–Crippen MR) is 52.8 cm³/mol. The van der Waals surface area contributed by atoms with Crippen LogP contribution in [0.25, 0.3) is 0 Å². The second-order valence-corrected chi connectivity index (χ2v) is 4.96. The molecule has 0 bridgehead atoms. The van der Waals surface area contributed by atoms with Crippen molar-refractivity contribution in [1.29, 1.82) is 0 Å². The van der Waals surface area contributed by atoms with Gasteiger partial charge in [0.05, 0.1) is 4.90 Å². The van der Waals surface area contributed by atoms with Gasteiger partial charge in [0.15, 0.2) is 0 Å². The first-order chi connectivity index (χ1) is 5.54. The van der Waals surface area contributed by atoms with Crippen molar-refractivity contribution in [2.45, 2.75) is 4.90 Å². The number of halogens is 1. The van der Waals surface area contributed by atoms with Gasteiger partial charge in [-0.2, -0.15) is 0 Å². The molecule has 0 aliphatic heterocycles. The number of benzene rings is 1. The summed E-state index contributed by atoms with van der Waals surface area (Å²) in [5.41, 5.74) is 0.809. The molecular formula is C6H7ClNO2PS. The largest absolute Gasteiger partial charge is 0.369 e. The van der Waals surface area contributed by atoms with Gasteiger partial charge < -0.3 is 5.09 Å². The van der Waals surface area contributed by atoms with Crippen LogP contribution in [-0.4, -0.2) is 8.42 Å². The fraction of sp³-hybridized carbons (Fsp3) is 0. The molecule has 66 valence electrons. The summed E-state index contributed by atoms with van der Waals surface area (Å²) in [5, 5.41) is 2.78. The average molecular weight is 224 g/mol. The van der Waals surface area contributed by atoms with E-state index in [1.54, 1.807) is 12.1 Å². The summed E-state index contributed by atoms with van der Waals surface area (Å²) >= 11 is 0. The predicted octanol–water partition coefficient (Wildman–Crippen LogP) is 1.82. The first-order valence-corrected chi connectivity index (χ1v) is 5.94. The molecule has 0 spiro atoms. The van der Waals surface area contributed by atoms with Crippen LogP contribution in [-0.2, 0) is 9.05 Å². The maximum atomic E-state index is 10.8. The highest BCUT2D eigenvalue weighted by Gasteiger charge is 2.07. The zero-order chi connectivity index (χ0) is 9.19. The Bertz CT molecular complexity index is 362. The van der Waals surface area contributed by atoms with Crippen LogP contribution in [0.15, 0.2) is 29.2 Å². The lowest BCUT2D eigenvalue weighted by molar-refractivity contribution is 0.609. The fourth-order valence-electron chi connectivity index (χ4n) is 0.714. The molecule has 6 heteroatoms. The molecule has 0 heterocycles. The molecule has 0 aliphatic rings. The highest BCUT2D eigenvalue weighted by Crippen LogP contribution is 2.17. The van der Waals surface area contributed by atoms with Gasteiger partial charge in [0, 0.05) is 16.4 Å². The van der Waals surface area contributed by atoms with Gasteiger partial charge in [0.1, 0.15) is 0 Å². The van der Waals surface area contributed by atoms with Gasteiger partial charge in [-0.1, -0.05) is 0 Å². The van der Waals surface area contributed by atoms with E-state index in [-0.39, 0.29) is 4.90 Å². The smallest absolute Gasteiger partial charge is 0.261 e. The first kappa shape index (κ1) is 9.78. The van der Waals surface area contributed by atoms with Gasteiger partial charge in [0.25, 0.3) is 9.05 Å². The molecule has 0 amide bonds. The van der Waals surface area contributed by atoms with E-state index in [9.17, 15) is 8.42 Å². The Hall–Kier alpha value is -0.310. The van der Waals surface area contributed by atoms with E-state index >= 15 is 0 Å². The molecule has 1 unspecified atom stereocenters. The molecule has 12 heavy (non-hydrogen) atoms. The third-order valence-electron chi connectivity index (χ3n) is 1.30. The van der Waals surface area contributed by atoms with Gasteiger partial charge in [0.2, 0.25) is 0 Å². The third kappa shape index (κ3) is 2.34. The van der Waals surface area contributed by atoms with E-state index in [1.807, 2.05) is 0 Å². The van der Waals surface area contributed by atoms with Crippen molar-refractivity contribution >= 4 is 34.8 Å². The molecule has 1 atom stereocenters. The monoisotopic (exact) mass is 223 g/mol. The highest BCUT2D eigenvalue weighted by molar-refractivity contribution is 8.13. The summed E-state index contributed by atoms with van der Waals surface area (Å²) in [7, 11) is 3.82. The van der Waals surface area contributed by atoms with Crippen LogP contribution >= 0.6 is 20.1 Å². The molecule has 0 radical (unpaired) electrons. The Morgan fingerprint density at radius 2 is 1.75 bits per heavy atom. The Labute approximate surface area is 77.8 Å². The van der Waals surface area contributed by atoms with Gasteiger partial charge in [-0.3, -0.25) is 0 Å². The molecule has 0 fully saturated rings.